The van der Waals surface area contributed by atoms with Crippen LogP contribution in [0.15, 0.2) is 54.6 Å². The molecule has 0 spiro atoms. The number of benzene rings is 2. The molecule has 0 aliphatic carbocycles. The quantitative estimate of drug-likeness (QED) is 0.233. The highest BCUT2D eigenvalue weighted by Crippen LogP contribution is 2.19. The van der Waals surface area contributed by atoms with Gasteiger partial charge in [-0.1, -0.05) is 68.4 Å². The summed E-state index contributed by atoms with van der Waals surface area (Å²) in [6.07, 6.45) is -1.56. The Morgan fingerprint density at radius 1 is 0.848 bits per heavy atom. The van der Waals surface area contributed by atoms with E-state index in [0.29, 0.717) is 0 Å². The van der Waals surface area contributed by atoms with E-state index in [4.69, 9.17) is 10.4 Å². The van der Waals surface area contributed by atoms with Gasteiger partial charge in [-0.3, -0.25) is 20.0 Å². The fourth-order valence-electron chi connectivity index (χ4n) is 3.27. The van der Waals surface area contributed by atoms with Crippen LogP contribution in [0.25, 0.3) is 11.1 Å². The van der Waals surface area contributed by atoms with Crippen LogP contribution >= 0.6 is 0 Å². The molecule has 4 amide bonds. The van der Waals surface area contributed by atoms with Crippen molar-refractivity contribution in [1.82, 2.24) is 21.2 Å². The van der Waals surface area contributed by atoms with Crippen molar-refractivity contribution >= 4 is 17.8 Å². The number of rotatable bonds is 10. The summed E-state index contributed by atoms with van der Waals surface area (Å²) in [5.41, 5.74) is 5.67. The Morgan fingerprint density at radius 2 is 1.42 bits per heavy atom. The number of carbonyl (C=O) groups is 3. The van der Waals surface area contributed by atoms with Crippen molar-refractivity contribution in [2.75, 3.05) is 13.1 Å². The molecule has 0 saturated heterocycles. The van der Waals surface area contributed by atoms with E-state index in [-0.39, 0.29) is 18.9 Å². The third-order valence-electron chi connectivity index (χ3n) is 4.90. The van der Waals surface area contributed by atoms with Crippen molar-refractivity contribution in [3.63, 3.8) is 0 Å². The van der Waals surface area contributed by atoms with Gasteiger partial charge < -0.3 is 15.3 Å². The molecule has 2 aromatic carbocycles. The molecule has 0 radical (unpaired) electrons. The molecule has 0 saturated carbocycles. The summed E-state index contributed by atoms with van der Waals surface area (Å²) in [5.74, 6) is -1.87. The van der Waals surface area contributed by atoms with Crippen LogP contribution in [0.1, 0.15) is 19.4 Å². The Balaban J connectivity index is 2.13. The summed E-state index contributed by atoms with van der Waals surface area (Å²) in [5, 5.41) is 30.2. The van der Waals surface area contributed by atoms with Crippen LogP contribution in [-0.2, 0) is 16.0 Å². The molecule has 10 heteroatoms. The maximum Gasteiger partial charge on any atom is 0.318 e. The molecule has 0 bridgehead atoms. The second-order valence-electron chi connectivity index (χ2n) is 8.04. The van der Waals surface area contributed by atoms with E-state index >= 15 is 0 Å². The smallest absolute Gasteiger partial charge is 0.318 e. The Hall–Kier alpha value is -3.47. The molecule has 2 aromatic rings. The molecule has 2 atom stereocenters. The first-order valence-corrected chi connectivity index (χ1v) is 10.5. The summed E-state index contributed by atoms with van der Waals surface area (Å²) in [7, 11) is 0. The number of hydroxylamine groups is 2. The van der Waals surface area contributed by atoms with Crippen LogP contribution in [0.2, 0.25) is 0 Å². The maximum absolute atomic E-state index is 12.8. The van der Waals surface area contributed by atoms with E-state index in [0.717, 1.165) is 16.7 Å². The van der Waals surface area contributed by atoms with Crippen LogP contribution in [0.3, 0.4) is 0 Å². The van der Waals surface area contributed by atoms with Gasteiger partial charge in [0.15, 0.2) is 6.10 Å². The number of hydrogen-bond donors (Lipinski definition) is 6. The van der Waals surface area contributed by atoms with E-state index in [1.54, 1.807) is 5.48 Å². The first kappa shape index (κ1) is 25.8. The van der Waals surface area contributed by atoms with Gasteiger partial charge in [-0.05, 0) is 22.6 Å². The van der Waals surface area contributed by atoms with Crippen molar-refractivity contribution in [3.8, 4) is 11.1 Å². The predicted molar refractivity (Wildman–Crippen MR) is 120 cm³/mol. The molecule has 33 heavy (non-hydrogen) atoms. The molecule has 6 N–H and O–H groups in total. The van der Waals surface area contributed by atoms with Gasteiger partial charge in [-0.15, -0.1) is 0 Å². The highest BCUT2D eigenvalue weighted by molar-refractivity contribution is 5.87. The second-order valence-corrected chi connectivity index (χ2v) is 8.04. The predicted octanol–water partition coefficient (Wildman–Crippen LogP) is 1.30. The third kappa shape index (κ3) is 7.86. The topological polar surface area (TPSA) is 151 Å². The number of carbonyl (C=O) groups excluding carboxylic acids is 3. The lowest BCUT2D eigenvalue weighted by Gasteiger charge is -2.28. The molecule has 0 aromatic heterocycles. The van der Waals surface area contributed by atoms with Crippen molar-refractivity contribution < 1.29 is 29.9 Å². The zero-order chi connectivity index (χ0) is 24.4. The third-order valence-corrected chi connectivity index (χ3v) is 4.90. The van der Waals surface area contributed by atoms with Crippen molar-refractivity contribution in [2.45, 2.75) is 32.4 Å². The lowest BCUT2D eigenvalue weighted by Crippen LogP contribution is -2.54. The normalized spacial score (nSPS) is 12.5. The zero-order valence-corrected chi connectivity index (χ0v) is 18.6. The average Bonchev–Trinajstić information content (AvgIpc) is 2.82. The minimum atomic E-state index is -1.66. The van der Waals surface area contributed by atoms with Crippen LogP contribution < -0.4 is 16.3 Å². The van der Waals surface area contributed by atoms with Crippen molar-refractivity contribution in [1.29, 1.82) is 0 Å². The number of nitrogens with one attached hydrogen (secondary N) is 3. The molecular weight excluding hydrogens is 428 g/mol. The SMILES string of the molecule is CC(C)CN(CC(O)C(=O)NO)C(=O)N[C@@H](Cc1ccc(-c2ccccc2)cc1)C(=O)NO. The molecule has 178 valence electrons. The zero-order valence-electron chi connectivity index (χ0n) is 18.6. The van der Waals surface area contributed by atoms with Gasteiger partial charge in [0.25, 0.3) is 11.8 Å². The van der Waals surface area contributed by atoms with E-state index in [1.165, 1.54) is 10.4 Å². The van der Waals surface area contributed by atoms with Crippen LogP contribution in [0.5, 0.6) is 0 Å². The van der Waals surface area contributed by atoms with Crippen LogP contribution in [0, 0.1) is 5.92 Å². The van der Waals surface area contributed by atoms with Gasteiger partial charge in [-0.25, -0.2) is 15.8 Å². The number of amides is 4. The first-order chi connectivity index (χ1) is 15.7. The summed E-state index contributed by atoms with van der Waals surface area (Å²) >= 11 is 0. The summed E-state index contributed by atoms with van der Waals surface area (Å²) in [6, 6.07) is 15.4. The monoisotopic (exact) mass is 458 g/mol. The van der Waals surface area contributed by atoms with Crippen LogP contribution in [-0.4, -0.2) is 63.5 Å². The lowest BCUT2D eigenvalue weighted by molar-refractivity contribution is -0.138. The van der Waals surface area contributed by atoms with E-state index in [2.05, 4.69) is 5.32 Å². The summed E-state index contributed by atoms with van der Waals surface area (Å²) in [6.45, 7) is 3.46. The summed E-state index contributed by atoms with van der Waals surface area (Å²) < 4.78 is 0. The number of hydrogen-bond acceptors (Lipinski definition) is 6. The van der Waals surface area contributed by atoms with E-state index in [9.17, 15) is 19.5 Å². The van der Waals surface area contributed by atoms with Crippen molar-refractivity contribution in [2.24, 2.45) is 5.92 Å². The minimum absolute atomic E-state index is 0.00390. The number of nitrogens with zero attached hydrogens (tertiary/aromatic N) is 1. The Kier molecular flexibility index (Phi) is 9.80. The van der Waals surface area contributed by atoms with Gasteiger partial charge in [0.05, 0.1) is 6.54 Å². The Morgan fingerprint density at radius 3 is 1.97 bits per heavy atom. The van der Waals surface area contributed by atoms with Gasteiger partial charge in [0.1, 0.15) is 6.04 Å². The molecule has 0 heterocycles. The molecule has 0 fully saturated rings. The van der Waals surface area contributed by atoms with Gasteiger partial charge >= 0.3 is 6.03 Å². The van der Waals surface area contributed by atoms with Gasteiger partial charge in [-0.2, -0.15) is 0 Å². The van der Waals surface area contributed by atoms with Crippen LogP contribution in [0.4, 0.5) is 4.79 Å². The molecule has 2 rings (SSSR count). The number of aliphatic hydroxyl groups is 1. The minimum Gasteiger partial charge on any atom is -0.381 e. The molecule has 0 aliphatic heterocycles. The molecule has 1 unspecified atom stereocenters. The second kappa shape index (κ2) is 12.5. The first-order valence-electron chi connectivity index (χ1n) is 10.5. The number of aliphatic hydroxyl groups excluding tert-OH is 1. The Bertz CT molecular complexity index is 920. The molecular formula is C23H30N4O6. The standard InChI is InChI=1S/C23H30N4O6/c1-15(2)13-27(14-20(28)22(30)26-33)23(31)24-19(21(29)25-32)12-16-8-10-18(11-9-16)17-6-4-3-5-7-17/h3-11,15,19-20,28,32-33H,12-14H2,1-2H3,(H,24,31)(H,25,29)(H,26,30)/t19-,20?/m0/s1. The van der Waals surface area contributed by atoms with E-state index in [1.807, 2.05) is 68.4 Å². The fourth-order valence-corrected chi connectivity index (χ4v) is 3.27. The van der Waals surface area contributed by atoms with Crippen molar-refractivity contribution in [3.05, 3.63) is 60.2 Å². The lowest BCUT2D eigenvalue weighted by atomic mass is 10.0. The maximum atomic E-state index is 12.8. The number of urea groups is 1. The van der Waals surface area contributed by atoms with Gasteiger partial charge in [0, 0.05) is 13.0 Å². The largest absolute Gasteiger partial charge is 0.381 e. The molecule has 10 nitrogen and oxygen atoms in total. The highest BCUT2D eigenvalue weighted by atomic mass is 16.5. The average molecular weight is 459 g/mol. The van der Waals surface area contributed by atoms with Gasteiger partial charge in [0.2, 0.25) is 0 Å². The fraction of sp³-hybridized carbons (Fsp3) is 0.348. The van der Waals surface area contributed by atoms with E-state index < -0.39 is 36.5 Å². The highest BCUT2D eigenvalue weighted by Gasteiger charge is 2.27. The molecule has 0 aliphatic rings. The Labute approximate surface area is 192 Å². The summed E-state index contributed by atoms with van der Waals surface area (Å²) in [4.78, 5) is 37.7.